The predicted octanol–water partition coefficient (Wildman–Crippen LogP) is 1.43. The molecule has 0 saturated carbocycles. The van der Waals surface area contributed by atoms with Crippen LogP contribution in [0.1, 0.15) is 30.1 Å². The van der Waals surface area contributed by atoms with Gasteiger partial charge in [0.1, 0.15) is 5.75 Å². The van der Waals surface area contributed by atoms with Gasteiger partial charge in [0.05, 0.1) is 7.11 Å². The Morgan fingerprint density at radius 1 is 1.17 bits per heavy atom. The second-order valence-corrected chi connectivity index (χ2v) is 6.28. The topological polar surface area (TPSA) is 56.5 Å². The number of benzene rings is 1. The third-order valence-electron chi connectivity index (χ3n) is 4.83. The van der Waals surface area contributed by atoms with Crippen molar-refractivity contribution in [1.82, 2.24) is 14.0 Å². The van der Waals surface area contributed by atoms with Crippen molar-refractivity contribution < 1.29 is 4.74 Å². The van der Waals surface area contributed by atoms with Crippen molar-refractivity contribution in [3.63, 3.8) is 0 Å². The van der Waals surface area contributed by atoms with Gasteiger partial charge in [-0.15, -0.1) is 0 Å². The highest BCUT2D eigenvalue weighted by molar-refractivity contribution is 5.31. The maximum Gasteiger partial charge on any atom is 0.330 e. The van der Waals surface area contributed by atoms with Gasteiger partial charge in [0, 0.05) is 38.4 Å². The molecule has 1 aliphatic rings. The Hall–Kier alpha value is -2.34. The molecule has 0 radical (unpaired) electrons. The maximum atomic E-state index is 12.1. The third kappa shape index (κ3) is 3.01. The van der Waals surface area contributed by atoms with Crippen LogP contribution in [0.15, 0.2) is 39.9 Å². The van der Waals surface area contributed by atoms with E-state index >= 15 is 0 Å². The molecule has 1 fully saturated rings. The number of hydrogen-bond donors (Lipinski definition) is 0. The van der Waals surface area contributed by atoms with Crippen molar-refractivity contribution in [3.05, 3.63) is 62.4 Å². The maximum absolute atomic E-state index is 12.1. The first-order valence-electron chi connectivity index (χ1n) is 8.15. The Bertz CT molecular complexity index is 853. The van der Waals surface area contributed by atoms with E-state index in [0.717, 1.165) is 35.4 Å². The summed E-state index contributed by atoms with van der Waals surface area (Å²) in [4.78, 5) is 26.4. The Morgan fingerprint density at radius 3 is 2.71 bits per heavy atom. The fourth-order valence-corrected chi connectivity index (χ4v) is 3.38. The zero-order valence-electron chi connectivity index (χ0n) is 14.4. The molecule has 0 bridgehead atoms. The number of methoxy groups -OCH3 is 1. The fourth-order valence-electron chi connectivity index (χ4n) is 3.38. The lowest BCUT2D eigenvalue weighted by molar-refractivity contribution is 0.241. The summed E-state index contributed by atoms with van der Waals surface area (Å²) >= 11 is 0. The van der Waals surface area contributed by atoms with Gasteiger partial charge in [-0.2, -0.15) is 0 Å². The molecule has 0 unspecified atom stereocenters. The van der Waals surface area contributed by atoms with Gasteiger partial charge in [0.15, 0.2) is 0 Å². The number of likely N-dealkylation sites (tertiary alicyclic amines) is 1. The largest absolute Gasteiger partial charge is 0.497 e. The minimum absolute atomic E-state index is 0.259. The van der Waals surface area contributed by atoms with Crippen LogP contribution < -0.4 is 16.0 Å². The van der Waals surface area contributed by atoms with Gasteiger partial charge in [-0.1, -0.05) is 12.1 Å². The van der Waals surface area contributed by atoms with Gasteiger partial charge in [-0.25, -0.2) is 4.79 Å². The first-order chi connectivity index (χ1) is 11.5. The standard InChI is InChI=1S/C18H23N3O3/c1-19-14(11-17(22)20(2)18(19)23)12-21-9-5-8-16(21)13-6-4-7-15(10-13)24-3/h4,6-7,10-11,16H,5,8-9,12H2,1-3H3/t16-/m1/s1. The van der Waals surface area contributed by atoms with Crippen LogP contribution in [0.5, 0.6) is 5.75 Å². The Kier molecular flexibility index (Phi) is 4.57. The van der Waals surface area contributed by atoms with Gasteiger partial charge in [0.25, 0.3) is 5.56 Å². The molecule has 0 amide bonds. The molecule has 128 valence electrons. The lowest BCUT2D eigenvalue weighted by Crippen LogP contribution is -2.39. The summed E-state index contributed by atoms with van der Waals surface area (Å²) < 4.78 is 8.01. The SMILES string of the molecule is COc1cccc([C@H]2CCCN2Cc2cc(=O)n(C)c(=O)n2C)c1. The molecule has 0 aliphatic carbocycles. The van der Waals surface area contributed by atoms with Crippen molar-refractivity contribution in [1.29, 1.82) is 0 Å². The highest BCUT2D eigenvalue weighted by Gasteiger charge is 2.27. The van der Waals surface area contributed by atoms with Gasteiger partial charge in [-0.3, -0.25) is 18.8 Å². The molecule has 1 aromatic carbocycles. The summed E-state index contributed by atoms with van der Waals surface area (Å²) in [5.74, 6) is 0.848. The molecular weight excluding hydrogens is 306 g/mol. The van der Waals surface area contributed by atoms with Crippen LogP contribution in [0.4, 0.5) is 0 Å². The Balaban J connectivity index is 1.90. The minimum atomic E-state index is -0.283. The number of rotatable bonds is 4. The van der Waals surface area contributed by atoms with E-state index in [1.807, 2.05) is 12.1 Å². The van der Waals surface area contributed by atoms with Crippen molar-refractivity contribution >= 4 is 0 Å². The molecule has 6 nitrogen and oxygen atoms in total. The predicted molar refractivity (Wildman–Crippen MR) is 92.3 cm³/mol. The average molecular weight is 329 g/mol. The molecule has 24 heavy (non-hydrogen) atoms. The van der Waals surface area contributed by atoms with Crippen molar-refractivity contribution in [2.24, 2.45) is 14.1 Å². The zero-order chi connectivity index (χ0) is 17.3. The molecule has 1 aromatic heterocycles. The fraction of sp³-hybridized carbons (Fsp3) is 0.444. The van der Waals surface area contributed by atoms with E-state index in [9.17, 15) is 9.59 Å². The highest BCUT2D eigenvalue weighted by atomic mass is 16.5. The Morgan fingerprint density at radius 2 is 1.96 bits per heavy atom. The average Bonchev–Trinajstić information content (AvgIpc) is 3.06. The molecule has 6 heteroatoms. The van der Waals surface area contributed by atoms with Crippen LogP contribution in [-0.2, 0) is 20.6 Å². The van der Waals surface area contributed by atoms with Gasteiger partial charge in [0.2, 0.25) is 0 Å². The number of nitrogens with zero attached hydrogens (tertiary/aromatic N) is 3. The van der Waals surface area contributed by atoms with Crippen LogP contribution in [0.2, 0.25) is 0 Å². The normalized spacial score (nSPS) is 18.0. The second-order valence-electron chi connectivity index (χ2n) is 6.28. The van der Waals surface area contributed by atoms with Crippen LogP contribution in [0, 0.1) is 0 Å². The molecule has 1 aliphatic heterocycles. The van der Waals surface area contributed by atoms with E-state index in [-0.39, 0.29) is 17.3 Å². The summed E-state index contributed by atoms with van der Waals surface area (Å²) in [6.07, 6.45) is 2.16. The van der Waals surface area contributed by atoms with Gasteiger partial charge < -0.3 is 4.74 Å². The molecule has 2 aromatic rings. The third-order valence-corrected chi connectivity index (χ3v) is 4.83. The lowest BCUT2D eigenvalue weighted by atomic mass is 10.0. The highest BCUT2D eigenvalue weighted by Crippen LogP contribution is 2.34. The number of aromatic nitrogens is 2. The van der Waals surface area contributed by atoms with E-state index in [1.54, 1.807) is 24.8 Å². The lowest BCUT2D eigenvalue weighted by Gasteiger charge is -2.26. The Labute approximate surface area is 140 Å². The van der Waals surface area contributed by atoms with E-state index in [1.165, 1.54) is 12.6 Å². The monoisotopic (exact) mass is 329 g/mol. The van der Waals surface area contributed by atoms with Crippen molar-refractivity contribution in [3.8, 4) is 5.75 Å². The van der Waals surface area contributed by atoms with Crippen molar-refractivity contribution in [2.75, 3.05) is 13.7 Å². The van der Waals surface area contributed by atoms with E-state index < -0.39 is 0 Å². The van der Waals surface area contributed by atoms with Gasteiger partial charge in [-0.05, 0) is 37.1 Å². The summed E-state index contributed by atoms with van der Waals surface area (Å²) in [7, 11) is 4.89. The van der Waals surface area contributed by atoms with Crippen LogP contribution in [0.25, 0.3) is 0 Å². The first-order valence-corrected chi connectivity index (χ1v) is 8.15. The summed E-state index contributed by atoms with van der Waals surface area (Å²) in [5, 5.41) is 0. The molecule has 0 N–H and O–H groups in total. The molecule has 1 atom stereocenters. The molecule has 2 heterocycles. The zero-order valence-corrected chi connectivity index (χ0v) is 14.4. The van der Waals surface area contributed by atoms with Crippen molar-refractivity contribution in [2.45, 2.75) is 25.4 Å². The van der Waals surface area contributed by atoms with Crippen LogP contribution >= 0.6 is 0 Å². The summed E-state index contributed by atoms with van der Waals surface area (Å²) in [6, 6.07) is 9.94. The molecule has 1 saturated heterocycles. The van der Waals surface area contributed by atoms with Crippen LogP contribution in [-0.4, -0.2) is 27.7 Å². The number of hydrogen-bond acceptors (Lipinski definition) is 4. The smallest absolute Gasteiger partial charge is 0.330 e. The summed E-state index contributed by atoms with van der Waals surface area (Å²) in [6.45, 7) is 1.54. The van der Waals surface area contributed by atoms with Gasteiger partial charge >= 0.3 is 5.69 Å². The van der Waals surface area contributed by atoms with E-state index in [0.29, 0.717) is 6.54 Å². The minimum Gasteiger partial charge on any atom is -0.497 e. The quantitative estimate of drug-likeness (QED) is 0.851. The summed E-state index contributed by atoms with van der Waals surface area (Å²) in [5.41, 5.74) is 1.42. The molecule has 3 rings (SSSR count). The van der Waals surface area contributed by atoms with E-state index in [4.69, 9.17) is 4.74 Å². The second kappa shape index (κ2) is 6.65. The van der Waals surface area contributed by atoms with E-state index in [2.05, 4.69) is 17.0 Å². The molecular formula is C18H23N3O3. The van der Waals surface area contributed by atoms with Crippen LogP contribution in [0.3, 0.4) is 0 Å². The molecule has 0 spiro atoms. The first kappa shape index (κ1) is 16.5. The number of ether oxygens (including phenoxy) is 1.